The summed E-state index contributed by atoms with van der Waals surface area (Å²) in [5.41, 5.74) is 1.14. The highest BCUT2D eigenvalue weighted by Gasteiger charge is 1.90. The minimum absolute atomic E-state index is 0.296. The number of alkyl halides is 1. The van der Waals surface area contributed by atoms with Crippen molar-refractivity contribution >= 4 is 11.6 Å². The standard InChI is InChI=1S/C9H5ClN2/c10-4-1-2-8-3-5-12-9(6-8)7-11/h3,5-6H,4H2. The van der Waals surface area contributed by atoms with Crippen molar-refractivity contribution in [2.24, 2.45) is 0 Å². The molecular weight excluding hydrogens is 172 g/mol. The zero-order chi connectivity index (χ0) is 8.81. The van der Waals surface area contributed by atoms with Crippen molar-refractivity contribution in [3.05, 3.63) is 29.6 Å². The Hall–Kier alpha value is -1.51. The van der Waals surface area contributed by atoms with E-state index in [-0.39, 0.29) is 0 Å². The summed E-state index contributed by atoms with van der Waals surface area (Å²) in [5.74, 6) is 5.79. The van der Waals surface area contributed by atoms with Crippen molar-refractivity contribution in [3.8, 4) is 17.9 Å². The van der Waals surface area contributed by atoms with Gasteiger partial charge in [-0.3, -0.25) is 0 Å². The van der Waals surface area contributed by atoms with Crippen LogP contribution in [0.2, 0.25) is 0 Å². The van der Waals surface area contributed by atoms with Crippen molar-refractivity contribution in [1.29, 1.82) is 5.26 Å². The largest absolute Gasteiger partial charge is 0.245 e. The predicted octanol–water partition coefficient (Wildman–Crippen LogP) is 1.54. The van der Waals surface area contributed by atoms with E-state index in [1.807, 2.05) is 6.07 Å². The highest BCUT2D eigenvalue weighted by molar-refractivity contribution is 6.19. The number of nitriles is 1. The van der Waals surface area contributed by atoms with Crippen LogP contribution in [-0.2, 0) is 0 Å². The van der Waals surface area contributed by atoms with Crippen LogP contribution in [0.1, 0.15) is 11.3 Å². The van der Waals surface area contributed by atoms with Gasteiger partial charge >= 0.3 is 0 Å². The number of aromatic nitrogens is 1. The molecule has 0 aliphatic carbocycles. The fourth-order valence-corrected chi connectivity index (χ4v) is 0.772. The first-order valence-electron chi connectivity index (χ1n) is 3.28. The average Bonchev–Trinajstić information content (AvgIpc) is 2.15. The molecule has 0 aromatic carbocycles. The quantitative estimate of drug-likeness (QED) is 0.444. The van der Waals surface area contributed by atoms with Gasteiger partial charge in [0.05, 0.1) is 5.88 Å². The van der Waals surface area contributed by atoms with Gasteiger partial charge in [-0.15, -0.1) is 11.6 Å². The Kier molecular flexibility index (Phi) is 3.14. The summed E-state index contributed by atoms with van der Waals surface area (Å²) in [7, 11) is 0. The van der Waals surface area contributed by atoms with Gasteiger partial charge in [-0.25, -0.2) is 4.98 Å². The molecule has 0 saturated carbocycles. The lowest BCUT2D eigenvalue weighted by molar-refractivity contribution is 1.26. The second-order valence-corrected chi connectivity index (χ2v) is 2.24. The molecule has 0 aliphatic rings. The Morgan fingerprint density at radius 2 is 2.42 bits per heavy atom. The van der Waals surface area contributed by atoms with E-state index in [4.69, 9.17) is 16.9 Å². The minimum atomic E-state index is 0.296. The molecule has 12 heavy (non-hydrogen) atoms. The van der Waals surface area contributed by atoms with Crippen LogP contribution in [0.25, 0.3) is 0 Å². The Labute approximate surface area is 75.8 Å². The summed E-state index contributed by atoms with van der Waals surface area (Å²) in [6.45, 7) is 0. The summed E-state index contributed by atoms with van der Waals surface area (Å²) in [6, 6.07) is 5.29. The molecule has 0 fully saturated rings. The first kappa shape index (κ1) is 8.59. The molecule has 3 heteroatoms. The predicted molar refractivity (Wildman–Crippen MR) is 46.6 cm³/mol. The average molecular weight is 177 g/mol. The Balaban J connectivity index is 2.96. The van der Waals surface area contributed by atoms with Crippen LogP contribution >= 0.6 is 11.6 Å². The lowest BCUT2D eigenvalue weighted by Crippen LogP contribution is -1.82. The fourth-order valence-electron chi connectivity index (χ4n) is 0.705. The maximum atomic E-state index is 8.50. The van der Waals surface area contributed by atoms with E-state index in [9.17, 15) is 0 Å². The van der Waals surface area contributed by atoms with Gasteiger partial charge in [-0.2, -0.15) is 5.26 Å². The van der Waals surface area contributed by atoms with Gasteiger partial charge in [-0.05, 0) is 12.1 Å². The SMILES string of the molecule is N#Cc1cc(C#CCCl)ccn1. The molecule has 0 bridgehead atoms. The van der Waals surface area contributed by atoms with Crippen LogP contribution in [0, 0.1) is 23.2 Å². The topological polar surface area (TPSA) is 36.7 Å². The summed E-state index contributed by atoms with van der Waals surface area (Å²) >= 11 is 5.37. The molecule has 2 nitrogen and oxygen atoms in total. The summed E-state index contributed by atoms with van der Waals surface area (Å²) in [6.07, 6.45) is 1.55. The second kappa shape index (κ2) is 4.38. The van der Waals surface area contributed by atoms with E-state index in [0.717, 1.165) is 5.56 Å². The normalized spacial score (nSPS) is 8.00. The smallest absolute Gasteiger partial charge is 0.141 e. The van der Waals surface area contributed by atoms with Crippen LogP contribution < -0.4 is 0 Å². The maximum absolute atomic E-state index is 8.50. The third-order valence-corrected chi connectivity index (χ3v) is 1.31. The van der Waals surface area contributed by atoms with Crippen LogP contribution in [0.4, 0.5) is 0 Å². The molecule has 1 heterocycles. The molecule has 58 valence electrons. The molecule has 0 spiro atoms. The lowest BCUT2D eigenvalue weighted by atomic mass is 10.2. The van der Waals surface area contributed by atoms with Gasteiger partial charge in [0.25, 0.3) is 0 Å². The third-order valence-electron chi connectivity index (χ3n) is 1.17. The van der Waals surface area contributed by atoms with Crippen LogP contribution in [0.3, 0.4) is 0 Å². The molecule has 0 atom stereocenters. The van der Waals surface area contributed by atoms with Crippen LogP contribution in [0.5, 0.6) is 0 Å². The molecule has 0 N–H and O–H groups in total. The lowest BCUT2D eigenvalue weighted by Gasteiger charge is -1.88. The van der Waals surface area contributed by atoms with Crippen molar-refractivity contribution in [3.63, 3.8) is 0 Å². The summed E-state index contributed by atoms with van der Waals surface area (Å²) in [4.78, 5) is 3.80. The monoisotopic (exact) mass is 176 g/mol. The number of nitrogens with zero attached hydrogens (tertiary/aromatic N) is 2. The fraction of sp³-hybridized carbons (Fsp3) is 0.111. The van der Waals surface area contributed by atoms with Crippen molar-refractivity contribution in [1.82, 2.24) is 4.98 Å². The zero-order valence-corrected chi connectivity index (χ0v) is 6.97. The molecule has 1 aromatic heterocycles. The number of halogens is 1. The van der Waals surface area contributed by atoms with Gasteiger partial charge in [0.15, 0.2) is 0 Å². The summed E-state index contributed by atoms with van der Waals surface area (Å²) in [5, 5.41) is 8.50. The van der Waals surface area contributed by atoms with Crippen molar-refractivity contribution in [2.45, 2.75) is 0 Å². The molecule has 0 amide bonds. The molecule has 0 radical (unpaired) electrons. The molecular formula is C9H5ClN2. The van der Waals surface area contributed by atoms with E-state index in [1.165, 1.54) is 0 Å². The van der Waals surface area contributed by atoms with Crippen molar-refractivity contribution < 1.29 is 0 Å². The number of pyridine rings is 1. The second-order valence-electron chi connectivity index (χ2n) is 1.98. The Morgan fingerprint density at radius 1 is 1.58 bits per heavy atom. The summed E-state index contributed by atoms with van der Waals surface area (Å²) < 4.78 is 0. The van der Waals surface area contributed by atoms with Gasteiger partial charge < -0.3 is 0 Å². The number of hydrogen-bond donors (Lipinski definition) is 0. The van der Waals surface area contributed by atoms with Gasteiger partial charge in [0.2, 0.25) is 0 Å². The van der Waals surface area contributed by atoms with Gasteiger partial charge in [0, 0.05) is 11.8 Å². The number of hydrogen-bond acceptors (Lipinski definition) is 2. The maximum Gasteiger partial charge on any atom is 0.141 e. The first-order chi connectivity index (χ1) is 5.86. The van der Waals surface area contributed by atoms with E-state index >= 15 is 0 Å². The van der Waals surface area contributed by atoms with Crippen LogP contribution in [-0.4, -0.2) is 10.9 Å². The molecule has 0 unspecified atom stereocenters. The molecule has 1 rings (SSSR count). The Morgan fingerprint density at radius 3 is 3.08 bits per heavy atom. The molecule has 0 saturated heterocycles. The van der Waals surface area contributed by atoms with Gasteiger partial charge in [0.1, 0.15) is 11.8 Å². The van der Waals surface area contributed by atoms with E-state index < -0.39 is 0 Å². The highest BCUT2D eigenvalue weighted by atomic mass is 35.5. The zero-order valence-electron chi connectivity index (χ0n) is 6.21. The highest BCUT2D eigenvalue weighted by Crippen LogP contribution is 1.98. The van der Waals surface area contributed by atoms with Crippen molar-refractivity contribution in [2.75, 3.05) is 5.88 Å². The molecule has 1 aromatic rings. The molecule has 0 aliphatic heterocycles. The third kappa shape index (κ3) is 2.27. The number of rotatable bonds is 0. The van der Waals surface area contributed by atoms with E-state index in [0.29, 0.717) is 11.6 Å². The first-order valence-corrected chi connectivity index (χ1v) is 3.81. The Bertz CT molecular complexity index is 368. The van der Waals surface area contributed by atoms with Gasteiger partial charge in [-0.1, -0.05) is 11.8 Å². The van der Waals surface area contributed by atoms with E-state index in [1.54, 1.807) is 18.3 Å². The van der Waals surface area contributed by atoms with Crippen LogP contribution in [0.15, 0.2) is 18.3 Å². The minimum Gasteiger partial charge on any atom is -0.245 e. The van der Waals surface area contributed by atoms with E-state index in [2.05, 4.69) is 16.8 Å².